The molecule has 0 aromatic carbocycles. The summed E-state index contributed by atoms with van der Waals surface area (Å²) in [6.07, 6.45) is 6.68. The lowest BCUT2D eigenvalue weighted by Crippen LogP contribution is -2.47. The molecule has 2 N–H and O–H groups in total. The van der Waals surface area contributed by atoms with Crippen LogP contribution in [0.15, 0.2) is 0 Å². The molecule has 2 fully saturated rings. The molecule has 1 amide bonds. The molecule has 1 atom stereocenters. The number of nitrogens with one attached hydrogen (secondary N) is 2. The van der Waals surface area contributed by atoms with Gasteiger partial charge >= 0.3 is 0 Å². The number of carbonyl (C=O) groups is 1. The second-order valence-electron chi connectivity index (χ2n) is 6.18. The van der Waals surface area contributed by atoms with Crippen molar-refractivity contribution >= 4 is 5.91 Å². The number of rotatable bonds is 6. The van der Waals surface area contributed by atoms with Crippen LogP contribution in [0.5, 0.6) is 0 Å². The quantitative estimate of drug-likeness (QED) is 0.761. The van der Waals surface area contributed by atoms with Gasteiger partial charge in [0.1, 0.15) is 0 Å². The van der Waals surface area contributed by atoms with Gasteiger partial charge in [-0.1, -0.05) is 32.6 Å². The minimum Gasteiger partial charge on any atom is -0.356 e. The van der Waals surface area contributed by atoms with Crippen LogP contribution >= 0.6 is 0 Å². The predicted molar refractivity (Wildman–Crippen MR) is 78.1 cm³/mol. The van der Waals surface area contributed by atoms with Crippen LogP contribution in [0.1, 0.15) is 39.0 Å². The Morgan fingerprint density at radius 2 is 2.00 bits per heavy atom. The van der Waals surface area contributed by atoms with Crippen LogP contribution in [0, 0.1) is 11.8 Å². The summed E-state index contributed by atoms with van der Waals surface area (Å²) < 4.78 is 0. The number of carbonyl (C=O) groups excluding carboxylic acids is 1. The Labute approximate surface area is 117 Å². The van der Waals surface area contributed by atoms with E-state index in [1.807, 2.05) is 6.92 Å². The van der Waals surface area contributed by atoms with Crippen molar-refractivity contribution in [3.05, 3.63) is 0 Å². The summed E-state index contributed by atoms with van der Waals surface area (Å²) >= 11 is 0. The zero-order valence-corrected chi connectivity index (χ0v) is 12.3. The van der Waals surface area contributed by atoms with Gasteiger partial charge in [-0.25, -0.2) is 0 Å². The first-order chi connectivity index (χ1) is 9.25. The number of hydrogen-bond acceptors (Lipinski definition) is 3. The zero-order chi connectivity index (χ0) is 13.5. The van der Waals surface area contributed by atoms with Crippen LogP contribution in [-0.2, 0) is 4.79 Å². The zero-order valence-electron chi connectivity index (χ0n) is 12.3. The molecule has 2 aliphatic rings. The van der Waals surface area contributed by atoms with E-state index < -0.39 is 0 Å². The van der Waals surface area contributed by atoms with Crippen molar-refractivity contribution < 1.29 is 4.79 Å². The molecule has 0 aromatic rings. The summed E-state index contributed by atoms with van der Waals surface area (Å²) in [6.45, 7) is 8.06. The first-order valence-corrected chi connectivity index (χ1v) is 7.96. The summed E-state index contributed by atoms with van der Waals surface area (Å²) in [6, 6.07) is 0. The Bertz CT molecular complexity index is 271. The highest BCUT2D eigenvalue weighted by Crippen LogP contribution is 2.26. The van der Waals surface area contributed by atoms with Crippen molar-refractivity contribution in [1.29, 1.82) is 0 Å². The smallest absolute Gasteiger partial charge is 0.224 e. The number of hydrogen-bond donors (Lipinski definition) is 2. The first-order valence-electron chi connectivity index (χ1n) is 7.96. The largest absolute Gasteiger partial charge is 0.356 e. The molecule has 1 unspecified atom stereocenters. The Kier molecular flexibility index (Phi) is 6.11. The number of nitrogens with zero attached hydrogens (tertiary/aromatic N) is 1. The van der Waals surface area contributed by atoms with Crippen molar-refractivity contribution in [2.24, 2.45) is 11.8 Å². The average Bonchev–Trinajstić information content (AvgIpc) is 2.93. The third-order valence-corrected chi connectivity index (χ3v) is 4.52. The van der Waals surface area contributed by atoms with E-state index >= 15 is 0 Å². The third-order valence-electron chi connectivity index (χ3n) is 4.52. The van der Waals surface area contributed by atoms with E-state index in [9.17, 15) is 4.79 Å². The van der Waals surface area contributed by atoms with Gasteiger partial charge in [-0.15, -0.1) is 0 Å². The van der Waals surface area contributed by atoms with Crippen LogP contribution in [0.3, 0.4) is 0 Å². The van der Waals surface area contributed by atoms with Gasteiger partial charge in [0.2, 0.25) is 5.91 Å². The third kappa shape index (κ3) is 5.11. The van der Waals surface area contributed by atoms with E-state index in [2.05, 4.69) is 15.5 Å². The fourth-order valence-electron chi connectivity index (χ4n) is 3.24. The molecular weight excluding hydrogens is 238 g/mol. The molecule has 0 bridgehead atoms. The molecule has 4 nitrogen and oxygen atoms in total. The minimum absolute atomic E-state index is 0.113. The molecule has 1 aliphatic heterocycles. The second-order valence-corrected chi connectivity index (χ2v) is 6.18. The highest BCUT2D eigenvalue weighted by atomic mass is 16.1. The summed E-state index contributed by atoms with van der Waals surface area (Å²) in [5.41, 5.74) is 0. The topological polar surface area (TPSA) is 44.4 Å². The molecule has 110 valence electrons. The first kappa shape index (κ1) is 14.8. The summed E-state index contributed by atoms with van der Waals surface area (Å²) in [7, 11) is 0. The maximum Gasteiger partial charge on any atom is 0.224 e. The van der Waals surface area contributed by atoms with Crippen LogP contribution in [0.4, 0.5) is 0 Å². The Morgan fingerprint density at radius 1 is 1.32 bits per heavy atom. The molecule has 1 heterocycles. The van der Waals surface area contributed by atoms with E-state index in [1.54, 1.807) is 0 Å². The van der Waals surface area contributed by atoms with Gasteiger partial charge in [0.05, 0.1) is 0 Å². The molecule has 0 radical (unpaired) electrons. The van der Waals surface area contributed by atoms with Crippen molar-refractivity contribution in [3.8, 4) is 0 Å². The van der Waals surface area contributed by atoms with E-state index in [-0.39, 0.29) is 11.8 Å². The lowest BCUT2D eigenvalue weighted by atomic mass is 10.0. The highest BCUT2D eigenvalue weighted by molar-refractivity contribution is 5.78. The van der Waals surface area contributed by atoms with Gasteiger partial charge in [-0.3, -0.25) is 4.79 Å². The normalized spacial score (nSPS) is 23.4. The Balaban J connectivity index is 1.58. The van der Waals surface area contributed by atoms with Crippen molar-refractivity contribution in [2.75, 3.05) is 39.3 Å². The fourth-order valence-corrected chi connectivity index (χ4v) is 3.24. The fraction of sp³-hybridized carbons (Fsp3) is 0.933. The van der Waals surface area contributed by atoms with E-state index in [1.165, 1.54) is 32.1 Å². The molecule has 0 spiro atoms. The van der Waals surface area contributed by atoms with Gasteiger partial charge in [0, 0.05) is 45.2 Å². The maximum absolute atomic E-state index is 12.0. The molecule has 1 aliphatic carbocycles. The van der Waals surface area contributed by atoms with Crippen LogP contribution < -0.4 is 10.6 Å². The van der Waals surface area contributed by atoms with Crippen molar-refractivity contribution in [2.45, 2.75) is 39.0 Å². The summed E-state index contributed by atoms with van der Waals surface area (Å²) in [5, 5.41) is 6.46. The number of piperazine rings is 1. The summed E-state index contributed by atoms with van der Waals surface area (Å²) in [4.78, 5) is 14.4. The average molecular weight is 267 g/mol. The van der Waals surface area contributed by atoms with Crippen LogP contribution in [-0.4, -0.2) is 50.1 Å². The molecule has 1 saturated heterocycles. The summed E-state index contributed by atoms with van der Waals surface area (Å²) in [5.74, 6) is 1.21. The van der Waals surface area contributed by atoms with Crippen molar-refractivity contribution in [1.82, 2.24) is 15.5 Å². The lowest BCUT2D eigenvalue weighted by molar-refractivity contribution is -0.125. The van der Waals surface area contributed by atoms with Gasteiger partial charge in [-0.05, 0) is 12.3 Å². The molecule has 19 heavy (non-hydrogen) atoms. The van der Waals surface area contributed by atoms with Crippen LogP contribution in [0.2, 0.25) is 0 Å². The molecule has 1 saturated carbocycles. The van der Waals surface area contributed by atoms with Gasteiger partial charge < -0.3 is 15.5 Å². The standard InChI is InChI=1S/C15H29N3O/c1-13(12-18-10-8-16-9-11-18)15(19)17-7-6-14-4-2-3-5-14/h13-14,16H,2-12H2,1H3,(H,17,19). The van der Waals surface area contributed by atoms with Gasteiger partial charge in [0.25, 0.3) is 0 Å². The van der Waals surface area contributed by atoms with Gasteiger partial charge in [-0.2, -0.15) is 0 Å². The van der Waals surface area contributed by atoms with Gasteiger partial charge in [0.15, 0.2) is 0 Å². The maximum atomic E-state index is 12.0. The highest BCUT2D eigenvalue weighted by Gasteiger charge is 2.19. The monoisotopic (exact) mass is 267 g/mol. The van der Waals surface area contributed by atoms with E-state index in [0.29, 0.717) is 0 Å². The minimum atomic E-state index is 0.113. The van der Waals surface area contributed by atoms with E-state index in [0.717, 1.165) is 45.2 Å². The molecular formula is C15H29N3O. The Morgan fingerprint density at radius 3 is 2.68 bits per heavy atom. The SMILES string of the molecule is CC(CN1CCNCC1)C(=O)NCCC1CCCC1. The predicted octanol–water partition coefficient (Wildman–Crippen LogP) is 1.22. The molecule has 4 heteroatoms. The lowest BCUT2D eigenvalue weighted by Gasteiger charge is -2.29. The Hall–Kier alpha value is -0.610. The van der Waals surface area contributed by atoms with Crippen LogP contribution in [0.25, 0.3) is 0 Å². The molecule has 2 rings (SSSR count). The van der Waals surface area contributed by atoms with E-state index in [4.69, 9.17) is 0 Å². The van der Waals surface area contributed by atoms with Crippen molar-refractivity contribution in [3.63, 3.8) is 0 Å². The second kappa shape index (κ2) is 7.85. The molecule has 0 aromatic heterocycles. The number of amides is 1.